The lowest BCUT2D eigenvalue weighted by Crippen LogP contribution is -2.18. The second-order valence-electron chi connectivity index (χ2n) is 5.93. The van der Waals surface area contributed by atoms with E-state index in [0.717, 1.165) is 12.8 Å². The van der Waals surface area contributed by atoms with E-state index in [1.165, 1.54) is 41.1 Å². The van der Waals surface area contributed by atoms with Gasteiger partial charge in [-0.15, -0.1) is 11.3 Å². The van der Waals surface area contributed by atoms with Gasteiger partial charge in [0.25, 0.3) is 0 Å². The van der Waals surface area contributed by atoms with E-state index in [1.807, 2.05) is 18.4 Å². The third kappa shape index (κ3) is 3.38. The van der Waals surface area contributed by atoms with Crippen molar-refractivity contribution in [2.45, 2.75) is 57.5 Å². The number of aryl methyl sites for hydroxylation is 1. The summed E-state index contributed by atoms with van der Waals surface area (Å²) in [5.41, 5.74) is 1.20. The molecule has 1 N–H and O–H groups in total. The summed E-state index contributed by atoms with van der Waals surface area (Å²) < 4.78 is 2.20. The molecule has 0 saturated heterocycles. The van der Waals surface area contributed by atoms with Crippen LogP contribution in [0, 0.1) is 0 Å². The molecular weight excluding hydrogens is 278 g/mol. The fourth-order valence-electron chi connectivity index (χ4n) is 3.18. The van der Waals surface area contributed by atoms with Crippen LogP contribution in [0.25, 0.3) is 0 Å². The Hall–Kier alpha value is -1.13. The van der Waals surface area contributed by atoms with Gasteiger partial charge in [-0.2, -0.15) is 5.10 Å². The Morgan fingerprint density at radius 3 is 2.81 bits per heavy atom. The van der Waals surface area contributed by atoms with Crippen LogP contribution in [0.15, 0.2) is 24.4 Å². The van der Waals surface area contributed by atoms with Crippen molar-refractivity contribution in [2.24, 2.45) is 0 Å². The summed E-state index contributed by atoms with van der Waals surface area (Å²) in [4.78, 5) is 2.88. The van der Waals surface area contributed by atoms with E-state index in [4.69, 9.17) is 5.10 Å². The van der Waals surface area contributed by atoms with Crippen molar-refractivity contribution in [3.05, 3.63) is 39.8 Å². The lowest BCUT2D eigenvalue weighted by atomic mass is 10.1. The molecule has 3 rings (SSSR count). The molecule has 21 heavy (non-hydrogen) atoms. The minimum atomic E-state index is 0.377. The molecule has 3 nitrogen and oxygen atoms in total. The molecule has 1 saturated carbocycles. The van der Waals surface area contributed by atoms with Gasteiger partial charge in [0.15, 0.2) is 0 Å². The lowest BCUT2D eigenvalue weighted by molar-refractivity contribution is 0.459. The minimum absolute atomic E-state index is 0.377. The molecule has 1 atom stereocenters. The number of hydrogen-bond acceptors (Lipinski definition) is 3. The number of aromatic nitrogens is 2. The lowest BCUT2D eigenvalue weighted by Gasteiger charge is -2.13. The highest BCUT2D eigenvalue weighted by molar-refractivity contribution is 7.12. The van der Waals surface area contributed by atoms with Crippen molar-refractivity contribution in [3.63, 3.8) is 0 Å². The molecule has 1 fully saturated rings. The predicted molar refractivity (Wildman–Crippen MR) is 88.9 cm³/mol. The zero-order chi connectivity index (χ0) is 14.7. The van der Waals surface area contributed by atoms with Gasteiger partial charge < -0.3 is 5.32 Å². The Labute approximate surface area is 131 Å². The maximum absolute atomic E-state index is 4.81. The molecule has 0 spiro atoms. The van der Waals surface area contributed by atoms with Gasteiger partial charge in [-0.1, -0.05) is 19.8 Å². The van der Waals surface area contributed by atoms with Crippen LogP contribution >= 0.6 is 11.3 Å². The molecule has 1 unspecified atom stereocenters. The monoisotopic (exact) mass is 303 g/mol. The molecule has 2 aromatic rings. The average Bonchev–Trinajstić information content (AvgIpc) is 3.23. The van der Waals surface area contributed by atoms with Gasteiger partial charge in [0.05, 0.1) is 11.7 Å². The highest BCUT2D eigenvalue weighted by Gasteiger charge is 2.19. The standard InChI is InChI=1S/C17H25N3S/c1-3-15-8-9-17(21-15)16(18-2)12-13-10-11-20(19-13)14-6-4-5-7-14/h8-11,14,16,18H,3-7,12H2,1-2H3. The number of likely N-dealkylation sites (N-methyl/N-ethyl adjacent to an activating group) is 1. The van der Waals surface area contributed by atoms with Crippen LogP contribution in [-0.2, 0) is 12.8 Å². The van der Waals surface area contributed by atoms with Crippen LogP contribution in [-0.4, -0.2) is 16.8 Å². The molecule has 0 aliphatic heterocycles. The Morgan fingerprint density at radius 1 is 1.33 bits per heavy atom. The third-order valence-electron chi connectivity index (χ3n) is 4.50. The van der Waals surface area contributed by atoms with Gasteiger partial charge in [-0.05, 0) is 44.5 Å². The van der Waals surface area contributed by atoms with Gasteiger partial charge >= 0.3 is 0 Å². The summed E-state index contributed by atoms with van der Waals surface area (Å²) in [6.45, 7) is 2.22. The number of thiophene rings is 1. The fourth-order valence-corrected chi connectivity index (χ4v) is 4.25. The third-order valence-corrected chi connectivity index (χ3v) is 5.84. The molecule has 0 aromatic carbocycles. The number of hydrogen-bond donors (Lipinski definition) is 1. The summed E-state index contributed by atoms with van der Waals surface area (Å²) in [5.74, 6) is 0. The summed E-state index contributed by atoms with van der Waals surface area (Å²) in [5, 5.41) is 8.26. The predicted octanol–water partition coefficient (Wildman–Crippen LogP) is 4.13. The quantitative estimate of drug-likeness (QED) is 0.869. The second kappa shape index (κ2) is 6.75. The topological polar surface area (TPSA) is 29.9 Å². The minimum Gasteiger partial charge on any atom is -0.312 e. The van der Waals surface area contributed by atoms with Crippen LogP contribution in [0.3, 0.4) is 0 Å². The smallest absolute Gasteiger partial charge is 0.0644 e. The van der Waals surface area contributed by atoms with Crippen molar-refractivity contribution in [3.8, 4) is 0 Å². The van der Waals surface area contributed by atoms with E-state index >= 15 is 0 Å². The zero-order valence-electron chi connectivity index (χ0n) is 13.0. The van der Waals surface area contributed by atoms with Crippen LogP contribution in [0.4, 0.5) is 0 Å². The summed E-state index contributed by atoms with van der Waals surface area (Å²) in [7, 11) is 2.05. The van der Waals surface area contributed by atoms with Crippen LogP contribution in [0.1, 0.15) is 60.1 Å². The van der Waals surface area contributed by atoms with Crippen LogP contribution in [0.2, 0.25) is 0 Å². The van der Waals surface area contributed by atoms with Gasteiger partial charge in [0, 0.05) is 28.4 Å². The van der Waals surface area contributed by atoms with E-state index < -0.39 is 0 Å². The molecule has 0 radical (unpaired) electrons. The Morgan fingerprint density at radius 2 is 2.14 bits per heavy atom. The maximum Gasteiger partial charge on any atom is 0.0644 e. The highest BCUT2D eigenvalue weighted by Crippen LogP contribution is 2.30. The molecular formula is C17H25N3S. The number of nitrogens with one attached hydrogen (secondary N) is 1. The molecule has 4 heteroatoms. The molecule has 1 aliphatic rings. The van der Waals surface area contributed by atoms with Gasteiger partial charge in [0.2, 0.25) is 0 Å². The molecule has 0 amide bonds. The highest BCUT2D eigenvalue weighted by atomic mass is 32.1. The van der Waals surface area contributed by atoms with Crippen molar-refractivity contribution < 1.29 is 0 Å². The Kier molecular flexibility index (Phi) is 4.76. The molecule has 1 aliphatic carbocycles. The first kappa shape index (κ1) is 14.8. The van der Waals surface area contributed by atoms with E-state index in [0.29, 0.717) is 12.1 Å². The zero-order valence-corrected chi connectivity index (χ0v) is 13.8. The summed E-state index contributed by atoms with van der Waals surface area (Å²) in [6.07, 6.45) is 9.56. The van der Waals surface area contributed by atoms with E-state index in [2.05, 4.69) is 41.3 Å². The van der Waals surface area contributed by atoms with Crippen LogP contribution in [0.5, 0.6) is 0 Å². The summed E-state index contributed by atoms with van der Waals surface area (Å²) >= 11 is 1.92. The SMILES string of the molecule is CCc1ccc(C(Cc2ccn(C3CCCC3)n2)NC)s1. The van der Waals surface area contributed by atoms with Crippen LogP contribution < -0.4 is 5.32 Å². The molecule has 0 bridgehead atoms. The first-order valence-electron chi connectivity index (χ1n) is 8.10. The van der Waals surface area contributed by atoms with Gasteiger partial charge in [0.1, 0.15) is 0 Å². The number of nitrogens with zero attached hydrogens (tertiary/aromatic N) is 2. The Balaban J connectivity index is 1.68. The molecule has 2 heterocycles. The molecule has 2 aromatic heterocycles. The van der Waals surface area contributed by atoms with Crippen molar-refractivity contribution in [2.75, 3.05) is 7.05 Å². The maximum atomic E-state index is 4.81. The Bertz CT molecular complexity index is 566. The van der Waals surface area contributed by atoms with E-state index in [9.17, 15) is 0 Å². The normalized spacial score (nSPS) is 17.4. The summed E-state index contributed by atoms with van der Waals surface area (Å²) in [6, 6.07) is 7.72. The first-order valence-corrected chi connectivity index (χ1v) is 8.91. The fraction of sp³-hybridized carbons (Fsp3) is 0.588. The van der Waals surface area contributed by atoms with Gasteiger partial charge in [-0.3, -0.25) is 4.68 Å². The largest absolute Gasteiger partial charge is 0.312 e. The van der Waals surface area contributed by atoms with E-state index in [-0.39, 0.29) is 0 Å². The second-order valence-corrected chi connectivity index (χ2v) is 7.13. The number of rotatable bonds is 6. The van der Waals surface area contributed by atoms with E-state index in [1.54, 1.807) is 0 Å². The average molecular weight is 303 g/mol. The van der Waals surface area contributed by atoms with Crippen molar-refractivity contribution in [1.29, 1.82) is 0 Å². The van der Waals surface area contributed by atoms with Crippen molar-refractivity contribution in [1.82, 2.24) is 15.1 Å². The first-order chi connectivity index (χ1) is 10.3. The molecule has 114 valence electrons. The van der Waals surface area contributed by atoms with Crippen molar-refractivity contribution >= 4 is 11.3 Å². The van der Waals surface area contributed by atoms with Gasteiger partial charge in [-0.25, -0.2) is 0 Å².